The summed E-state index contributed by atoms with van der Waals surface area (Å²) in [5, 5.41) is 5.07. The van der Waals surface area contributed by atoms with Crippen molar-refractivity contribution in [2.75, 3.05) is 0 Å². The van der Waals surface area contributed by atoms with Gasteiger partial charge >= 0.3 is 0 Å². The Morgan fingerprint density at radius 3 is 1.90 bits per heavy atom. The summed E-state index contributed by atoms with van der Waals surface area (Å²) in [6, 6.07) is 60.1. The first-order valence-corrected chi connectivity index (χ1v) is 22.9. The fraction of sp³-hybridized carbons (Fsp3) is 0.0192. The van der Waals surface area contributed by atoms with Gasteiger partial charge in [-0.3, -0.25) is 9.97 Å². The van der Waals surface area contributed by atoms with Crippen LogP contribution in [0.5, 0.6) is 0 Å². The van der Waals surface area contributed by atoms with Crippen molar-refractivity contribution in [2.45, 2.75) is 15.2 Å². The van der Waals surface area contributed by atoms with E-state index in [0.717, 1.165) is 70.3 Å². The van der Waals surface area contributed by atoms with Crippen LogP contribution in [0.1, 0.15) is 22.3 Å². The number of aromatic nitrogens is 3. The highest BCUT2D eigenvalue weighted by molar-refractivity contribution is 7.99. The van der Waals surface area contributed by atoms with E-state index < -0.39 is 12.6 Å². The van der Waals surface area contributed by atoms with E-state index in [1.165, 1.54) is 31.5 Å². The Labute approximate surface area is 349 Å². The summed E-state index contributed by atoms with van der Waals surface area (Å²) in [6.45, 7) is 0. The van der Waals surface area contributed by atoms with Crippen LogP contribution in [-0.2, 0) is 9.98 Å². The fourth-order valence-electron chi connectivity index (χ4n) is 9.40. The Morgan fingerprint density at radius 1 is 0.458 bits per heavy atom. The fourth-order valence-corrected chi connectivity index (χ4v) is 15.0. The maximum absolute atomic E-state index is 16.5. The number of fused-ring (bicyclic) bond motifs is 11. The molecular weight excluding hydrogens is 778 g/mol. The lowest BCUT2D eigenvalue weighted by atomic mass is 9.64. The molecule has 12 rings (SSSR count). The molecule has 6 heterocycles. The van der Waals surface area contributed by atoms with Gasteiger partial charge < -0.3 is 4.57 Å². The molecule has 0 saturated heterocycles. The normalized spacial score (nSPS) is 17.6. The van der Waals surface area contributed by atoms with Gasteiger partial charge in [-0.2, -0.15) is 0 Å². The number of hydrogen-bond acceptors (Lipinski definition) is 6. The molecule has 0 aliphatic carbocycles. The maximum Gasteiger partial charge on any atom is 0.171 e. The van der Waals surface area contributed by atoms with Gasteiger partial charge in [0.2, 0.25) is 0 Å². The topological polar surface area (TPSA) is 55.7 Å². The first-order chi connectivity index (χ1) is 29.1. The number of rotatable bonds is 4. The van der Waals surface area contributed by atoms with E-state index in [0.29, 0.717) is 0 Å². The average Bonchev–Trinajstić information content (AvgIpc) is 3.68. The molecule has 7 heteroatoms. The molecule has 2 atom stereocenters. The molecule has 0 fully saturated rings. The lowest BCUT2D eigenvalue weighted by Gasteiger charge is -2.48. The summed E-state index contributed by atoms with van der Waals surface area (Å²) in [4.78, 5) is 16.3. The minimum absolute atomic E-state index is 0.748. The van der Waals surface area contributed by atoms with Gasteiger partial charge in [-0.15, -0.1) is 11.3 Å². The van der Waals surface area contributed by atoms with E-state index >= 15 is 4.57 Å². The number of nitrogens with zero attached hydrogens (tertiary/aromatic N) is 3. The number of benzene rings is 6. The van der Waals surface area contributed by atoms with Gasteiger partial charge in [0.05, 0.1) is 16.8 Å². The van der Waals surface area contributed by atoms with Crippen LogP contribution in [0.2, 0.25) is 0 Å². The SMILES string of the molecule is O=P1(c2ccccc2)c2ccccc2C2(c3ccccc3Sc3cc(-c4cc(-c5cccnc5)nc(-c5cccnc5)c4)ccc32)c2cc3c(cc21)sc1ccccc13. The minimum Gasteiger partial charge on any atom is -0.309 e. The molecule has 1 spiro atoms. The average molecular weight is 810 g/mol. The van der Waals surface area contributed by atoms with E-state index in [4.69, 9.17) is 4.98 Å². The van der Waals surface area contributed by atoms with E-state index in [2.05, 4.69) is 137 Å². The van der Waals surface area contributed by atoms with Crippen molar-refractivity contribution >= 4 is 66.3 Å². The van der Waals surface area contributed by atoms with Crippen molar-refractivity contribution in [1.29, 1.82) is 0 Å². The third-order valence-corrected chi connectivity index (χ3v) is 17.4. The van der Waals surface area contributed by atoms with E-state index in [9.17, 15) is 0 Å². The molecule has 0 bridgehead atoms. The summed E-state index contributed by atoms with van der Waals surface area (Å²) in [6.07, 6.45) is 7.30. The monoisotopic (exact) mass is 809 g/mol. The van der Waals surface area contributed by atoms with Crippen LogP contribution in [0, 0.1) is 0 Å². The van der Waals surface area contributed by atoms with Gasteiger partial charge in [-0.1, -0.05) is 115 Å². The van der Waals surface area contributed by atoms with Crippen LogP contribution in [0.15, 0.2) is 204 Å². The van der Waals surface area contributed by atoms with Gasteiger partial charge in [0.25, 0.3) is 0 Å². The Kier molecular flexibility index (Phi) is 7.80. The zero-order chi connectivity index (χ0) is 39.1. The quantitative estimate of drug-likeness (QED) is 0.166. The summed E-state index contributed by atoms with van der Waals surface area (Å²) in [5.74, 6) is 0. The molecule has 0 saturated carbocycles. The lowest BCUT2D eigenvalue weighted by molar-refractivity contribution is 0.589. The zero-order valence-electron chi connectivity index (χ0n) is 31.5. The summed E-state index contributed by atoms with van der Waals surface area (Å²) in [5.41, 5.74) is 9.54. The molecule has 0 amide bonds. The molecule has 0 N–H and O–H groups in total. The highest BCUT2D eigenvalue weighted by atomic mass is 32.2. The van der Waals surface area contributed by atoms with E-state index in [1.54, 1.807) is 23.7 Å². The number of hydrogen-bond donors (Lipinski definition) is 0. The third-order valence-electron chi connectivity index (χ3n) is 12.0. The minimum atomic E-state index is -3.35. The van der Waals surface area contributed by atoms with Crippen molar-refractivity contribution in [3.63, 3.8) is 0 Å². The highest BCUT2D eigenvalue weighted by Gasteiger charge is 2.54. The predicted octanol–water partition coefficient (Wildman–Crippen LogP) is 12.0. The molecule has 59 heavy (non-hydrogen) atoms. The molecule has 2 aliphatic rings. The molecule has 4 aromatic heterocycles. The second kappa shape index (κ2) is 13.3. The molecule has 10 aromatic rings. The molecule has 2 aliphatic heterocycles. The van der Waals surface area contributed by atoms with E-state index in [-0.39, 0.29) is 0 Å². The van der Waals surface area contributed by atoms with Gasteiger partial charge in [-0.05, 0) is 100 Å². The highest BCUT2D eigenvalue weighted by Crippen LogP contribution is 2.62. The van der Waals surface area contributed by atoms with Crippen molar-refractivity contribution < 1.29 is 4.57 Å². The lowest BCUT2D eigenvalue weighted by Crippen LogP contribution is -2.48. The van der Waals surface area contributed by atoms with Gasteiger partial charge in [0.1, 0.15) is 0 Å². The van der Waals surface area contributed by atoms with Gasteiger partial charge in [0.15, 0.2) is 7.14 Å². The second-order valence-electron chi connectivity index (χ2n) is 15.1. The second-order valence-corrected chi connectivity index (χ2v) is 20.0. The molecule has 0 radical (unpaired) electrons. The number of pyridine rings is 3. The van der Waals surface area contributed by atoms with Crippen LogP contribution >= 0.6 is 30.2 Å². The standard InChI is InChI=1S/C52H32N3OPS2/c56-57(37-14-2-1-3-15-37)46-19-7-5-17-40(46)52(43-29-39-38-16-4-8-20-48(38)58-50(39)30-47(43)57)41-18-6-9-21-49(41)59-51-28-33(22-23-42(51)52)36-26-44(34-12-10-24-53-31-34)55-45(27-36)35-13-11-25-54-32-35/h1-32H. The molecule has 278 valence electrons. The maximum atomic E-state index is 16.5. The predicted molar refractivity (Wildman–Crippen MR) is 244 cm³/mol. The van der Waals surface area contributed by atoms with Crippen molar-refractivity contribution in [2.24, 2.45) is 0 Å². The van der Waals surface area contributed by atoms with E-state index in [1.807, 2.05) is 66.6 Å². The van der Waals surface area contributed by atoms with Gasteiger partial charge in [-0.25, -0.2) is 4.98 Å². The summed E-state index contributed by atoms with van der Waals surface area (Å²) in [7, 11) is -3.35. The first-order valence-electron chi connectivity index (χ1n) is 19.6. The summed E-state index contributed by atoms with van der Waals surface area (Å²) < 4.78 is 18.9. The largest absolute Gasteiger partial charge is 0.309 e. The third kappa shape index (κ3) is 5.10. The van der Waals surface area contributed by atoms with Crippen LogP contribution < -0.4 is 15.9 Å². The van der Waals surface area contributed by atoms with Crippen molar-refractivity contribution in [3.8, 4) is 33.6 Å². The Hall–Kier alpha value is -6.43. The Morgan fingerprint density at radius 2 is 1.14 bits per heavy atom. The molecular formula is C52H32N3OPS2. The molecule has 4 nitrogen and oxygen atoms in total. The zero-order valence-corrected chi connectivity index (χ0v) is 34.0. The van der Waals surface area contributed by atoms with Crippen molar-refractivity contribution in [3.05, 3.63) is 217 Å². The van der Waals surface area contributed by atoms with Crippen LogP contribution in [0.25, 0.3) is 53.8 Å². The van der Waals surface area contributed by atoms with Crippen LogP contribution in [-0.4, -0.2) is 15.0 Å². The first kappa shape index (κ1) is 34.6. The summed E-state index contributed by atoms with van der Waals surface area (Å²) >= 11 is 3.59. The van der Waals surface area contributed by atoms with Crippen LogP contribution in [0.3, 0.4) is 0 Å². The number of thiophene rings is 1. The van der Waals surface area contributed by atoms with Gasteiger partial charge in [0, 0.05) is 81.8 Å². The Balaban J connectivity index is 1.17. The van der Waals surface area contributed by atoms with Crippen molar-refractivity contribution in [1.82, 2.24) is 15.0 Å². The Bertz CT molecular complexity index is 3290. The smallest absolute Gasteiger partial charge is 0.171 e. The molecule has 6 aromatic carbocycles. The van der Waals surface area contributed by atoms with Crippen LogP contribution in [0.4, 0.5) is 0 Å². The molecule has 2 unspecified atom stereocenters.